The van der Waals surface area contributed by atoms with E-state index in [2.05, 4.69) is 17.0 Å². The number of rotatable bonds is 4. The summed E-state index contributed by atoms with van der Waals surface area (Å²) in [5.41, 5.74) is 6.00. The monoisotopic (exact) mass is 194 g/mol. The molecular weight excluding hydrogens is 180 g/mol. The summed E-state index contributed by atoms with van der Waals surface area (Å²) >= 11 is 0. The number of aromatic nitrogens is 2. The van der Waals surface area contributed by atoms with E-state index in [1.807, 2.05) is 6.92 Å². The van der Waals surface area contributed by atoms with Gasteiger partial charge in [0.25, 0.3) is 0 Å². The maximum Gasteiger partial charge on any atom is 0.242 e. The number of nitrogen functional groups attached to an aromatic ring is 1. The molecule has 1 amide bonds. The number of nitrogens with zero attached hydrogens (tertiary/aromatic N) is 2. The maximum atomic E-state index is 11.3. The minimum atomic E-state index is -0.111. The van der Waals surface area contributed by atoms with E-state index in [0.29, 0.717) is 5.69 Å². The molecule has 0 aromatic carbocycles. The van der Waals surface area contributed by atoms with Crippen LogP contribution in [-0.2, 0) is 11.3 Å². The molecule has 0 bridgehead atoms. The Morgan fingerprint density at radius 1 is 1.93 bits per heavy atom. The highest BCUT2D eigenvalue weighted by molar-refractivity contribution is 5.76. The van der Waals surface area contributed by atoms with E-state index in [1.54, 1.807) is 12.3 Å². The Labute approximate surface area is 82.6 Å². The quantitative estimate of drug-likeness (QED) is 0.670. The molecule has 0 saturated carbocycles. The summed E-state index contributed by atoms with van der Waals surface area (Å²) in [6.07, 6.45) is 4.78. The smallest absolute Gasteiger partial charge is 0.242 e. The van der Waals surface area contributed by atoms with Crippen LogP contribution in [0.15, 0.2) is 25.0 Å². The van der Waals surface area contributed by atoms with E-state index < -0.39 is 0 Å². The van der Waals surface area contributed by atoms with Crippen LogP contribution in [0, 0.1) is 0 Å². The first-order valence-electron chi connectivity index (χ1n) is 4.31. The van der Waals surface area contributed by atoms with Crippen molar-refractivity contribution >= 4 is 11.6 Å². The van der Waals surface area contributed by atoms with Gasteiger partial charge in [-0.2, -0.15) is 5.10 Å². The summed E-state index contributed by atoms with van der Waals surface area (Å²) in [5, 5.41) is 6.62. The van der Waals surface area contributed by atoms with E-state index >= 15 is 0 Å². The number of carbonyl (C=O) groups excluding carboxylic acids is 1. The first-order chi connectivity index (χ1) is 6.61. The van der Waals surface area contributed by atoms with Crippen LogP contribution < -0.4 is 11.1 Å². The van der Waals surface area contributed by atoms with E-state index in [1.165, 1.54) is 10.9 Å². The van der Waals surface area contributed by atoms with Crippen molar-refractivity contribution in [3.8, 4) is 0 Å². The number of amides is 1. The average molecular weight is 194 g/mol. The summed E-state index contributed by atoms with van der Waals surface area (Å²) in [7, 11) is 0. The van der Waals surface area contributed by atoms with Crippen LogP contribution in [-0.4, -0.2) is 21.7 Å². The molecule has 0 radical (unpaired) electrons. The van der Waals surface area contributed by atoms with Crippen molar-refractivity contribution in [3.05, 3.63) is 25.0 Å². The molecule has 76 valence electrons. The predicted molar refractivity (Wildman–Crippen MR) is 54.4 cm³/mol. The summed E-state index contributed by atoms with van der Waals surface area (Å²) in [6.45, 7) is 5.59. The minimum Gasteiger partial charge on any atom is -0.396 e. The van der Waals surface area contributed by atoms with Gasteiger partial charge < -0.3 is 11.1 Å². The van der Waals surface area contributed by atoms with Crippen molar-refractivity contribution < 1.29 is 4.79 Å². The zero-order valence-corrected chi connectivity index (χ0v) is 8.10. The fourth-order valence-corrected chi connectivity index (χ4v) is 0.972. The number of hydrogen-bond donors (Lipinski definition) is 2. The van der Waals surface area contributed by atoms with Crippen LogP contribution in [0.4, 0.5) is 5.69 Å². The molecule has 1 rings (SSSR count). The molecule has 0 aliphatic heterocycles. The van der Waals surface area contributed by atoms with Crippen LogP contribution >= 0.6 is 0 Å². The van der Waals surface area contributed by atoms with Gasteiger partial charge in [0.1, 0.15) is 6.54 Å². The van der Waals surface area contributed by atoms with Gasteiger partial charge in [0.2, 0.25) is 5.91 Å². The molecule has 0 saturated heterocycles. The maximum absolute atomic E-state index is 11.3. The topological polar surface area (TPSA) is 72.9 Å². The molecular formula is C9H14N4O. The highest BCUT2D eigenvalue weighted by atomic mass is 16.2. The minimum absolute atomic E-state index is 0.0320. The second kappa shape index (κ2) is 4.45. The van der Waals surface area contributed by atoms with Gasteiger partial charge >= 0.3 is 0 Å². The fraction of sp³-hybridized carbons (Fsp3) is 0.333. The van der Waals surface area contributed by atoms with Gasteiger partial charge in [0, 0.05) is 12.2 Å². The van der Waals surface area contributed by atoms with E-state index in [0.717, 1.165) is 0 Å². The zero-order chi connectivity index (χ0) is 10.6. The number of hydrogen-bond acceptors (Lipinski definition) is 3. The van der Waals surface area contributed by atoms with E-state index in [9.17, 15) is 4.79 Å². The van der Waals surface area contributed by atoms with Crippen LogP contribution in [0.1, 0.15) is 6.92 Å². The highest BCUT2D eigenvalue weighted by Crippen LogP contribution is 1.97. The highest BCUT2D eigenvalue weighted by Gasteiger charge is 2.05. The van der Waals surface area contributed by atoms with Crippen LogP contribution in [0.3, 0.4) is 0 Å². The lowest BCUT2D eigenvalue weighted by molar-refractivity contribution is -0.122. The molecule has 1 aromatic rings. The molecule has 1 unspecified atom stereocenters. The molecule has 1 heterocycles. The lowest BCUT2D eigenvalue weighted by Crippen LogP contribution is -2.33. The molecule has 0 aliphatic carbocycles. The van der Waals surface area contributed by atoms with Crippen molar-refractivity contribution in [2.75, 3.05) is 5.73 Å². The lowest BCUT2D eigenvalue weighted by Gasteiger charge is -2.08. The number of carbonyl (C=O) groups is 1. The van der Waals surface area contributed by atoms with Gasteiger partial charge in [-0.05, 0) is 6.92 Å². The molecule has 5 nitrogen and oxygen atoms in total. The van der Waals surface area contributed by atoms with Crippen LogP contribution in [0.5, 0.6) is 0 Å². The Morgan fingerprint density at radius 2 is 2.64 bits per heavy atom. The number of nitrogens with two attached hydrogens (primary N) is 1. The van der Waals surface area contributed by atoms with Gasteiger partial charge in [-0.1, -0.05) is 6.08 Å². The van der Waals surface area contributed by atoms with Crippen molar-refractivity contribution in [2.24, 2.45) is 0 Å². The second-order valence-corrected chi connectivity index (χ2v) is 3.06. The number of nitrogens with one attached hydrogen (secondary N) is 1. The molecule has 0 aliphatic rings. The molecule has 5 heteroatoms. The first-order valence-corrected chi connectivity index (χ1v) is 4.31. The number of anilines is 1. The van der Waals surface area contributed by atoms with Crippen LogP contribution in [0.25, 0.3) is 0 Å². The molecule has 3 N–H and O–H groups in total. The Balaban J connectivity index is 2.45. The van der Waals surface area contributed by atoms with Crippen molar-refractivity contribution in [3.63, 3.8) is 0 Å². The SMILES string of the molecule is C=CC(C)NC(=O)Cn1cc(N)cn1. The Kier molecular flexibility index (Phi) is 3.28. The van der Waals surface area contributed by atoms with Gasteiger partial charge in [0.05, 0.1) is 11.9 Å². The van der Waals surface area contributed by atoms with E-state index in [-0.39, 0.29) is 18.5 Å². The first kappa shape index (κ1) is 10.3. The second-order valence-electron chi connectivity index (χ2n) is 3.06. The third kappa shape index (κ3) is 2.93. The van der Waals surface area contributed by atoms with E-state index in [4.69, 9.17) is 5.73 Å². The average Bonchev–Trinajstić information content (AvgIpc) is 2.50. The Hall–Kier alpha value is -1.78. The third-order valence-electron chi connectivity index (χ3n) is 1.70. The fourth-order valence-electron chi connectivity index (χ4n) is 0.972. The normalized spacial score (nSPS) is 12.1. The standard InChI is InChI=1S/C9H14N4O/c1-3-7(2)12-9(14)6-13-5-8(10)4-11-13/h3-5,7H,1,6,10H2,2H3,(H,12,14). The molecule has 1 aromatic heterocycles. The molecule has 0 fully saturated rings. The van der Waals surface area contributed by atoms with Crippen molar-refractivity contribution in [1.82, 2.24) is 15.1 Å². The Bertz CT molecular complexity index is 331. The molecule has 14 heavy (non-hydrogen) atoms. The Morgan fingerprint density at radius 3 is 3.14 bits per heavy atom. The van der Waals surface area contributed by atoms with Crippen molar-refractivity contribution in [2.45, 2.75) is 19.5 Å². The molecule has 1 atom stereocenters. The lowest BCUT2D eigenvalue weighted by atomic mass is 10.3. The zero-order valence-electron chi connectivity index (χ0n) is 8.10. The molecule has 0 spiro atoms. The largest absolute Gasteiger partial charge is 0.396 e. The summed E-state index contributed by atoms with van der Waals surface area (Å²) in [5.74, 6) is -0.111. The third-order valence-corrected chi connectivity index (χ3v) is 1.70. The van der Waals surface area contributed by atoms with Gasteiger partial charge in [-0.25, -0.2) is 0 Å². The summed E-state index contributed by atoms with van der Waals surface area (Å²) in [4.78, 5) is 11.3. The summed E-state index contributed by atoms with van der Waals surface area (Å²) < 4.78 is 1.49. The van der Waals surface area contributed by atoms with Gasteiger partial charge in [-0.3, -0.25) is 9.48 Å². The predicted octanol–water partition coefficient (Wildman–Crippen LogP) is 0.156. The summed E-state index contributed by atoms with van der Waals surface area (Å²) in [6, 6.07) is -0.0320. The van der Waals surface area contributed by atoms with Crippen molar-refractivity contribution in [1.29, 1.82) is 0 Å². The van der Waals surface area contributed by atoms with Gasteiger partial charge in [-0.15, -0.1) is 6.58 Å². The van der Waals surface area contributed by atoms with Gasteiger partial charge in [0.15, 0.2) is 0 Å². The van der Waals surface area contributed by atoms with Crippen LogP contribution in [0.2, 0.25) is 0 Å².